The van der Waals surface area contributed by atoms with Gasteiger partial charge in [-0.2, -0.15) is 0 Å². The van der Waals surface area contributed by atoms with E-state index in [1.54, 1.807) is 13.0 Å². The Hall–Kier alpha value is -1.21. The fourth-order valence-corrected chi connectivity index (χ4v) is 4.42. The van der Waals surface area contributed by atoms with Crippen molar-refractivity contribution in [2.24, 2.45) is 5.73 Å². The lowest BCUT2D eigenvalue weighted by Crippen LogP contribution is -2.36. The zero-order valence-electron chi connectivity index (χ0n) is 10.4. The monoisotopic (exact) mass is 302 g/mol. The van der Waals surface area contributed by atoms with E-state index in [0.717, 1.165) is 0 Å². The molecule has 3 N–H and O–H groups in total. The van der Waals surface area contributed by atoms with Crippen LogP contribution in [0.15, 0.2) is 18.2 Å². The first kappa shape index (κ1) is 14.2. The van der Waals surface area contributed by atoms with Gasteiger partial charge in [-0.3, -0.25) is 0 Å². The third-order valence-corrected chi connectivity index (χ3v) is 5.33. The van der Waals surface area contributed by atoms with Crippen LogP contribution in [0.5, 0.6) is 0 Å². The van der Waals surface area contributed by atoms with E-state index in [2.05, 4.69) is 5.32 Å². The summed E-state index contributed by atoms with van der Waals surface area (Å²) in [7, 11) is -3.03. The fourth-order valence-electron chi connectivity index (χ4n) is 2.20. The number of sulfone groups is 1. The maximum absolute atomic E-state index is 13.9. The van der Waals surface area contributed by atoms with Crippen LogP contribution >= 0.6 is 12.2 Å². The molecule has 0 radical (unpaired) electrons. The summed E-state index contributed by atoms with van der Waals surface area (Å²) < 4.78 is 36.9. The van der Waals surface area contributed by atoms with Gasteiger partial charge in [0.1, 0.15) is 10.8 Å². The molecular formula is C12H15FN2O2S2. The first-order valence-corrected chi connectivity index (χ1v) is 8.02. The third kappa shape index (κ3) is 3.22. The average Bonchev–Trinajstić information content (AvgIpc) is 2.56. The summed E-state index contributed by atoms with van der Waals surface area (Å²) in [5.74, 6) is -0.352. The van der Waals surface area contributed by atoms with Crippen molar-refractivity contribution in [1.29, 1.82) is 0 Å². The first-order valence-electron chi connectivity index (χ1n) is 5.79. The van der Waals surface area contributed by atoms with Crippen LogP contribution in [0.2, 0.25) is 0 Å². The maximum Gasteiger partial charge on any atom is 0.152 e. The minimum Gasteiger partial charge on any atom is -0.389 e. The lowest BCUT2D eigenvalue weighted by molar-refractivity contribution is 0.561. The van der Waals surface area contributed by atoms with Crippen LogP contribution in [0.3, 0.4) is 0 Å². The molecule has 1 unspecified atom stereocenters. The largest absolute Gasteiger partial charge is 0.389 e. The predicted octanol–water partition coefficient (Wildman–Crippen LogP) is 1.45. The molecule has 19 heavy (non-hydrogen) atoms. The van der Waals surface area contributed by atoms with Crippen molar-refractivity contribution in [3.05, 3.63) is 29.6 Å². The number of halogens is 1. The highest BCUT2D eigenvalue weighted by Gasteiger charge is 2.38. The molecular weight excluding hydrogens is 287 g/mol. The van der Waals surface area contributed by atoms with Gasteiger partial charge >= 0.3 is 0 Å². The highest BCUT2D eigenvalue weighted by atomic mass is 32.2. The number of thiocarbonyl (C=S) groups is 1. The van der Waals surface area contributed by atoms with Crippen molar-refractivity contribution in [2.45, 2.75) is 18.9 Å². The highest BCUT2D eigenvalue weighted by Crippen LogP contribution is 2.28. The minimum atomic E-state index is -3.03. The molecule has 1 fully saturated rings. The summed E-state index contributed by atoms with van der Waals surface area (Å²) in [6.45, 7) is 1.78. The van der Waals surface area contributed by atoms with Gasteiger partial charge in [0.15, 0.2) is 9.84 Å². The Kier molecular flexibility index (Phi) is 3.53. The van der Waals surface area contributed by atoms with Gasteiger partial charge in [0.2, 0.25) is 0 Å². The number of rotatable bonds is 3. The van der Waals surface area contributed by atoms with Crippen LogP contribution < -0.4 is 11.1 Å². The van der Waals surface area contributed by atoms with Gasteiger partial charge in [-0.05, 0) is 31.5 Å². The van der Waals surface area contributed by atoms with E-state index in [4.69, 9.17) is 18.0 Å². The molecule has 1 heterocycles. The number of benzene rings is 1. The van der Waals surface area contributed by atoms with Crippen LogP contribution in [0.1, 0.15) is 18.9 Å². The van der Waals surface area contributed by atoms with E-state index in [0.29, 0.717) is 12.0 Å². The zero-order valence-corrected chi connectivity index (χ0v) is 12.1. The Morgan fingerprint density at radius 1 is 1.53 bits per heavy atom. The molecule has 7 heteroatoms. The van der Waals surface area contributed by atoms with Gasteiger partial charge in [0, 0.05) is 11.1 Å². The summed E-state index contributed by atoms with van der Waals surface area (Å²) in [4.78, 5) is 0.125. The number of nitrogens with two attached hydrogens (primary N) is 1. The van der Waals surface area contributed by atoms with E-state index in [1.807, 2.05) is 0 Å². The molecule has 0 spiro atoms. The second-order valence-electron chi connectivity index (χ2n) is 5.09. The van der Waals surface area contributed by atoms with Gasteiger partial charge in [0.25, 0.3) is 0 Å². The SMILES string of the molecule is CC1(Nc2ccc(C(N)=S)cc2F)CCS(=O)(=O)C1. The quantitative estimate of drug-likeness (QED) is 0.827. The molecule has 4 nitrogen and oxygen atoms in total. The predicted molar refractivity (Wildman–Crippen MR) is 77.6 cm³/mol. The molecule has 2 rings (SSSR count). The van der Waals surface area contributed by atoms with Gasteiger partial charge in [-0.25, -0.2) is 12.8 Å². The summed E-state index contributed by atoms with van der Waals surface area (Å²) in [6, 6.07) is 4.39. The second-order valence-corrected chi connectivity index (χ2v) is 7.71. The topological polar surface area (TPSA) is 72.2 Å². The Balaban J connectivity index is 2.23. The Morgan fingerprint density at radius 2 is 2.21 bits per heavy atom. The van der Waals surface area contributed by atoms with Gasteiger partial charge < -0.3 is 11.1 Å². The van der Waals surface area contributed by atoms with Crippen LogP contribution in [0.25, 0.3) is 0 Å². The van der Waals surface area contributed by atoms with E-state index in [1.165, 1.54) is 12.1 Å². The van der Waals surface area contributed by atoms with E-state index < -0.39 is 21.2 Å². The highest BCUT2D eigenvalue weighted by molar-refractivity contribution is 7.91. The van der Waals surface area contributed by atoms with Crippen LogP contribution in [0, 0.1) is 5.82 Å². The van der Waals surface area contributed by atoms with E-state index in [9.17, 15) is 12.8 Å². The molecule has 1 aromatic carbocycles. The normalized spacial score (nSPS) is 25.2. The number of nitrogens with one attached hydrogen (secondary N) is 1. The second kappa shape index (κ2) is 4.72. The maximum atomic E-state index is 13.9. The van der Waals surface area contributed by atoms with Crippen LogP contribution in [-0.4, -0.2) is 30.5 Å². The molecule has 0 saturated carbocycles. The van der Waals surface area contributed by atoms with Crippen LogP contribution in [0.4, 0.5) is 10.1 Å². The van der Waals surface area contributed by atoms with Crippen molar-refractivity contribution >= 4 is 32.7 Å². The standard InChI is InChI=1S/C12H15FN2O2S2/c1-12(4-5-19(16,17)7-12)15-10-3-2-8(11(14)18)6-9(10)13/h2-3,6,15H,4-5,7H2,1H3,(H2,14,18). The minimum absolute atomic E-state index is 0.0104. The Bertz CT molecular complexity index is 631. The summed E-state index contributed by atoms with van der Waals surface area (Å²) in [5.41, 5.74) is 5.50. The van der Waals surface area contributed by atoms with E-state index in [-0.39, 0.29) is 22.2 Å². The average molecular weight is 302 g/mol. The molecule has 1 atom stereocenters. The smallest absolute Gasteiger partial charge is 0.152 e. The molecule has 104 valence electrons. The van der Waals surface area contributed by atoms with Gasteiger partial charge in [-0.1, -0.05) is 12.2 Å². The zero-order chi connectivity index (χ0) is 14.3. The van der Waals surface area contributed by atoms with Crippen molar-refractivity contribution < 1.29 is 12.8 Å². The summed E-state index contributed by atoms with van der Waals surface area (Å²) in [6.07, 6.45) is 0.464. The molecule has 1 saturated heterocycles. The third-order valence-electron chi connectivity index (χ3n) is 3.19. The summed E-state index contributed by atoms with van der Waals surface area (Å²) >= 11 is 4.77. The molecule has 0 aromatic heterocycles. The number of anilines is 1. The molecule has 0 bridgehead atoms. The lowest BCUT2D eigenvalue weighted by Gasteiger charge is -2.25. The van der Waals surface area contributed by atoms with Crippen molar-refractivity contribution in [3.63, 3.8) is 0 Å². The Morgan fingerprint density at radius 3 is 2.68 bits per heavy atom. The van der Waals surface area contributed by atoms with Crippen molar-refractivity contribution in [1.82, 2.24) is 0 Å². The molecule has 1 aliphatic heterocycles. The number of hydrogen-bond acceptors (Lipinski definition) is 4. The number of hydrogen-bond donors (Lipinski definition) is 2. The lowest BCUT2D eigenvalue weighted by atomic mass is 10.0. The van der Waals surface area contributed by atoms with Crippen LogP contribution in [-0.2, 0) is 9.84 Å². The fraction of sp³-hybridized carbons (Fsp3) is 0.417. The molecule has 0 amide bonds. The molecule has 1 aromatic rings. The molecule has 0 aliphatic carbocycles. The van der Waals surface area contributed by atoms with Crippen molar-refractivity contribution in [3.8, 4) is 0 Å². The first-order chi connectivity index (χ1) is 8.71. The van der Waals surface area contributed by atoms with Gasteiger partial charge in [-0.15, -0.1) is 0 Å². The molecule has 1 aliphatic rings. The van der Waals surface area contributed by atoms with E-state index >= 15 is 0 Å². The Labute approximate surface area is 117 Å². The summed E-state index contributed by atoms with van der Waals surface area (Å²) in [5, 5.41) is 2.97. The van der Waals surface area contributed by atoms with Gasteiger partial charge in [0.05, 0.1) is 17.2 Å². The van der Waals surface area contributed by atoms with Crippen molar-refractivity contribution in [2.75, 3.05) is 16.8 Å².